The van der Waals surface area contributed by atoms with Crippen molar-refractivity contribution in [2.75, 3.05) is 43.6 Å². The molecular formula is C30H30N2O4. The Balaban J connectivity index is 1.41. The van der Waals surface area contributed by atoms with Crippen LogP contribution in [-0.4, -0.2) is 39.4 Å². The first kappa shape index (κ1) is 23.7. The van der Waals surface area contributed by atoms with Crippen molar-refractivity contribution >= 4 is 28.1 Å². The molecule has 0 spiro atoms. The lowest BCUT2D eigenvalue weighted by Crippen LogP contribution is -2.37. The lowest BCUT2D eigenvalue weighted by molar-refractivity contribution is 0.0600. The summed E-state index contributed by atoms with van der Waals surface area (Å²) >= 11 is 0. The van der Waals surface area contributed by atoms with Crippen molar-refractivity contribution < 1.29 is 19.0 Å². The van der Waals surface area contributed by atoms with E-state index in [2.05, 4.69) is 40.5 Å². The molecule has 1 aliphatic heterocycles. The number of carbonyl (C=O) groups is 1. The normalized spacial score (nSPS) is 13.4. The molecule has 0 aromatic heterocycles. The topological polar surface area (TPSA) is 60.0 Å². The molecule has 1 saturated heterocycles. The van der Waals surface area contributed by atoms with Crippen LogP contribution in [0, 0.1) is 0 Å². The third-order valence-electron chi connectivity index (χ3n) is 6.46. The van der Waals surface area contributed by atoms with Gasteiger partial charge in [0, 0.05) is 30.9 Å². The summed E-state index contributed by atoms with van der Waals surface area (Å²) in [4.78, 5) is 14.8. The minimum Gasteiger partial charge on any atom is -0.489 e. The first-order chi connectivity index (χ1) is 17.7. The van der Waals surface area contributed by atoms with Crippen molar-refractivity contribution in [3.8, 4) is 5.75 Å². The Morgan fingerprint density at radius 3 is 2.53 bits per heavy atom. The molecule has 1 N–H and O–H groups in total. The Kier molecular flexibility index (Phi) is 7.33. The van der Waals surface area contributed by atoms with Crippen molar-refractivity contribution in [2.45, 2.75) is 13.2 Å². The minimum atomic E-state index is -0.350. The number of nitrogens with one attached hydrogen (secondary N) is 1. The smallest absolute Gasteiger partial charge is 0.340 e. The number of morpholine rings is 1. The van der Waals surface area contributed by atoms with Crippen LogP contribution in [-0.2, 0) is 22.6 Å². The monoisotopic (exact) mass is 482 g/mol. The largest absolute Gasteiger partial charge is 0.489 e. The molecule has 5 rings (SSSR count). The van der Waals surface area contributed by atoms with Crippen LogP contribution in [0.2, 0.25) is 0 Å². The standard InChI is InChI=1S/C30H30N2O4/c1-34-30(33)26-19-24(12-13-28(26)32-15-17-35-18-16-32)31-20-27-25-10-6-5-9-23(25)11-14-29(27)36-21-22-7-3-2-4-8-22/h2-14,19,31H,15-18,20-21H2,1H3. The van der Waals surface area contributed by atoms with Gasteiger partial charge in [0.15, 0.2) is 0 Å². The highest BCUT2D eigenvalue weighted by atomic mass is 16.5. The van der Waals surface area contributed by atoms with Crippen molar-refractivity contribution in [2.24, 2.45) is 0 Å². The maximum atomic E-state index is 12.6. The van der Waals surface area contributed by atoms with Gasteiger partial charge < -0.3 is 24.4 Å². The second-order valence-electron chi connectivity index (χ2n) is 8.71. The molecule has 0 atom stereocenters. The number of benzene rings is 4. The molecule has 6 heteroatoms. The van der Waals surface area contributed by atoms with Crippen molar-refractivity contribution in [3.05, 3.63) is 102 Å². The molecule has 0 amide bonds. The fourth-order valence-electron chi connectivity index (χ4n) is 4.56. The highest BCUT2D eigenvalue weighted by molar-refractivity contribution is 5.97. The molecular weight excluding hydrogens is 452 g/mol. The van der Waals surface area contributed by atoms with Gasteiger partial charge in [-0.05, 0) is 40.6 Å². The van der Waals surface area contributed by atoms with E-state index in [4.69, 9.17) is 14.2 Å². The number of hydrogen-bond donors (Lipinski definition) is 1. The molecule has 184 valence electrons. The molecule has 0 aliphatic carbocycles. The van der Waals surface area contributed by atoms with Gasteiger partial charge in [-0.1, -0.05) is 60.7 Å². The molecule has 1 heterocycles. The van der Waals surface area contributed by atoms with Crippen LogP contribution in [0.3, 0.4) is 0 Å². The van der Waals surface area contributed by atoms with Gasteiger partial charge in [-0.2, -0.15) is 0 Å². The Bertz CT molecular complexity index is 1330. The number of hydrogen-bond acceptors (Lipinski definition) is 6. The van der Waals surface area contributed by atoms with Gasteiger partial charge in [0.05, 0.1) is 31.6 Å². The van der Waals surface area contributed by atoms with Crippen LogP contribution in [0.1, 0.15) is 21.5 Å². The number of esters is 1. The summed E-state index contributed by atoms with van der Waals surface area (Å²) < 4.78 is 16.8. The predicted molar refractivity (Wildman–Crippen MR) is 143 cm³/mol. The SMILES string of the molecule is COC(=O)c1cc(NCc2c(OCc3ccccc3)ccc3ccccc23)ccc1N1CCOCC1. The van der Waals surface area contributed by atoms with Crippen LogP contribution in [0.4, 0.5) is 11.4 Å². The first-order valence-corrected chi connectivity index (χ1v) is 12.2. The van der Waals surface area contributed by atoms with Gasteiger partial charge in [0.25, 0.3) is 0 Å². The number of rotatable bonds is 8. The van der Waals surface area contributed by atoms with E-state index >= 15 is 0 Å². The number of carbonyl (C=O) groups excluding carboxylic acids is 1. The number of fused-ring (bicyclic) bond motifs is 1. The van der Waals surface area contributed by atoms with Crippen LogP contribution in [0.25, 0.3) is 10.8 Å². The Morgan fingerprint density at radius 1 is 0.944 bits per heavy atom. The summed E-state index contributed by atoms with van der Waals surface area (Å²) in [5.74, 6) is 0.486. The van der Waals surface area contributed by atoms with Crippen LogP contribution in [0.5, 0.6) is 5.75 Å². The third-order valence-corrected chi connectivity index (χ3v) is 6.46. The first-order valence-electron chi connectivity index (χ1n) is 12.2. The molecule has 1 fully saturated rings. The molecule has 4 aromatic rings. The van der Waals surface area contributed by atoms with Gasteiger partial charge in [0.1, 0.15) is 12.4 Å². The second kappa shape index (κ2) is 11.1. The van der Waals surface area contributed by atoms with E-state index in [9.17, 15) is 4.79 Å². The lowest BCUT2D eigenvalue weighted by Gasteiger charge is -2.30. The number of ether oxygens (including phenoxy) is 3. The van der Waals surface area contributed by atoms with E-state index in [-0.39, 0.29) is 5.97 Å². The fourth-order valence-corrected chi connectivity index (χ4v) is 4.56. The van der Waals surface area contributed by atoms with Gasteiger partial charge in [0.2, 0.25) is 0 Å². The van der Waals surface area contributed by atoms with Crippen LogP contribution in [0.15, 0.2) is 84.9 Å². The predicted octanol–water partition coefficient (Wildman–Crippen LogP) is 5.65. The van der Waals surface area contributed by atoms with Gasteiger partial charge in [-0.15, -0.1) is 0 Å². The van der Waals surface area contributed by atoms with Gasteiger partial charge >= 0.3 is 5.97 Å². The Labute approximate surface area is 211 Å². The van der Waals surface area contributed by atoms with E-state index in [0.717, 1.165) is 52.1 Å². The average Bonchev–Trinajstić information content (AvgIpc) is 2.95. The van der Waals surface area contributed by atoms with Crippen molar-refractivity contribution in [1.82, 2.24) is 0 Å². The van der Waals surface area contributed by atoms with E-state index in [0.29, 0.717) is 31.9 Å². The molecule has 4 aromatic carbocycles. The van der Waals surface area contributed by atoms with Crippen molar-refractivity contribution in [3.63, 3.8) is 0 Å². The molecule has 36 heavy (non-hydrogen) atoms. The zero-order chi connectivity index (χ0) is 24.7. The molecule has 0 saturated carbocycles. The molecule has 0 bridgehead atoms. The third kappa shape index (κ3) is 5.29. The Hall–Kier alpha value is -4.03. The summed E-state index contributed by atoms with van der Waals surface area (Å²) in [7, 11) is 1.41. The lowest BCUT2D eigenvalue weighted by atomic mass is 10.0. The summed E-state index contributed by atoms with van der Waals surface area (Å²) in [5, 5.41) is 5.80. The summed E-state index contributed by atoms with van der Waals surface area (Å²) in [6, 6.07) is 28.4. The number of nitrogens with zero attached hydrogens (tertiary/aromatic N) is 1. The maximum absolute atomic E-state index is 12.6. The molecule has 0 radical (unpaired) electrons. The number of methoxy groups -OCH3 is 1. The molecule has 1 aliphatic rings. The highest BCUT2D eigenvalue weighted by Crippen LogP contribution is 2.31. The second-order valence-corrected chi connectivity index (χ2v) is 8.71. The van der Waals surface area contributed by atoms with E-state index in [1.54, 1.807) is 0 Å². The van der Waals surface area contributed by atoms with E-state index in [1.165, 1.54) is 7.11 Å². The highest BCUT2D eigenvalue weighted by Gasteiger charge is 2.20. The van der Waals surface area contributed by atoms with E-state index < -0.39 is 0 Å². The fraction of sp³-hybridized carbons (Fsp3) is 0.233. The quantitative estimate of drug-likeness (QED) is 0.327. The molecule has 6 nitrogen and oxygen atoms in total. The van der Waals surface area contributed by atoms with Crippen molar-refractivity contribution in [1.29, 1.82) is 0 Å². The zero-order valence-corrected chi connectivity index (χ0v) is 20.4. The maximum Gasteiger partial charge on any atom is 0.340 e. The number of anilines is 2. The summed E-state index contributed by atoms with van der Waals surface area (Å²) in [6.45, 7) is 3.82. The zero-order valence-electron chi connectivity index (χ0n) is 20.4. The Morgan fingerprint density at radius 2 is 1.72 bits per heavy atom. The van der Waals surface area contributed by atoms with Gasteiger partial charge in [-0.3, -0.25) is 0 Å². The van der Waals surface area contributed by atoms with Gasteiger partial charge in [-0.25, -0.2) is 4.79 Å². The summed E-state index contributed by atoms with van der Waals surface area (Å²) in [5.41, 5.74) is 4.44. The minimum absolute atomic E-state index is 0.350. The van der Waals surface area contributed by atoms with Crippen LogP contribution < -0.4 is 15.0 Å². The van der Waals surface area contributed by atoms with Crippen LogP contribution >= 0.6 is 0 Å². The van der Waals surface area contributed by atoms with E-state index in [1.807, 2.05) is 54.6 Å². The molecule has 0 unspecified atom stereocenters. The summed E-state index contributed by atoms with van der Waals surface area (Å²) in [6.07, 6.45) is 0. The average molecular weight is 483 g/mol.